The quantitative estimate of drug-likeness (QED) is 0.0262. The van der Waals surface area contributed by atoms with Crippen LogP contribution in [0.2, 0.25) is 0 Å². The van der Waals surface area contributed by atoms with Crippen molar-refractivity contribution in [2.45, 2.75) is 226 Å². The molecule has 0 radical (unpaired) electrons. The first-order valence-corrected chi connectivity index (χ1v) is 26.0. The van der Waals surface area contributed by atoms with Crippen molar-refractivity contribution >= 4 is 17.9 Å². The van der Waals surface area contributed by atoms with Crippen LogP contribution < -0.4 is 0 Å². The molecule has 362 valence electrons. The van der Waals surface area contributed by atoms with Gasteiger partial charge in [-0.3, -0.25) is 14.4 Å². The van der Waals surface area contributed by atoms with Gasteiger partial charge in [0.2, 0.25) is 0 Å². The molecule has 0 saturated heterocycles. The van der Waals surface area contributed by atoms with E-state index in [0.29, 0.717) is 19.3 Å². The molecule has 0 heterocycles. The van der Waals surface area contributed by atoms with Crippen molar-refractivity contribution < 1.29 is 28.6 Å². The van der Waals surface area contributed by atoms with Gasteiger partial charge in [0.15, 0.2) is 6.10 Å². The molecule has 0 bridgehead atoms. The maximum Gasteiger partial charge on any atom is 0.306 e. The van der Waals surface area contributed by atoms with E-state index < -0.39 is 6.10 Å². The van der Waals surface area contributed by atoms with Crippen molar-refractivity contribution in [1.82, 2.24) is 0 Å². The van der Waals surface area contributed by atoms with E-state index in [1.807, 2.05) is 24.3 Å². The smallest absolute Gasteiger partial charge is 0.306 e. The molecule has 0 aromatic rings. The number of esters is 3. The Bertz CT molecular complexity index is 1340. The molecule has 0 amide bonds. The Balaban J connectivity index is 4.48. The third kappa shape index (κ3) is 49.1. The SMILES string of the molecule is CC/C=C/C=C/C=C/C=C/CCCCCCCC(=O)OC(COC(=O)CCCCCCC/C=C/C=C/C=C/CC)COC(=O)CCCCCCC/C=C/C=C/CCCCCCCCC. The van der Waals surface area contributed by atoms with Crippen LogP contribution in [0.5, 0.6) is 0 Å². The van der Waals surface area contributed by atoms with E-state index in [9.17, 15) is 14.4 Å². The highest BCUT2D eigenvalue weighted by Gasteiger charge is 2.19. The summed E-state index contributed by atoms with van der Waals surface area (Å²) in [7, 11) is 0. The molecular weight excluding hydrogens is 793 g/mol. The molecule has 0 saturated carbocycles. The first-order chi connectivity index (χ1) is 31.5. The van der Waals surface area contributed by atoms with Crippen LogP contribution in [0.25, 0.3) is 0 Å². The van der Waals surface area contributed by atoms with Gasteiger partial charge >= 0.3 is 17.9 Å². The van der Waals surface area contributed by atoms with Gasteiger partial charge in [-0.25, -0.2) is 0 Å². The average Bonchev–Trinajstić information content (AvgIpc) is 3.29. The van der Waals surface area contributed by atoms with Crippen molar-refractivity contribution in [2.24, 2.45) is 0 Å². The lowest BCUT2D eigenvalue weighted by atomic mass is 10.1. The lowest BCUT2D eigenvalue weighted by Gasteiger charge is -2.18. The first-order valence-electron chi connectivity index (χ1n) is 26.0. The summed E-state index contributed by atoms with van der Waals surface area (Å²) in [6.45, 7) is 6.30. The summed E-state index contributed by atoms with van der Waals surface area (Å²) in [5.41, 5.74) is 0. The zero-order valence-electron chi connectivity index (χ0n) is 41.3. The summed E-state index contributed by atoms with van der Waals surface area (Å²) in [5, 5.41) is 0. The van der Waals surface area contributed by atoms with Crippen LogP contribution >= 0.6 is 0 Å². The van der Waals surface area contributed by atoms with Gasteiger partial charge in [0.25, 0.3) is 0 Å². The predicted molar refractivity (Wildman–Crippen MR) is 274 cm³/mol. The van der Waals surface area contributed by atoms with Crippen molar-refractivity contribution in [3.05, 3.63) is 109 Å². The van der Waals surface area contributed by atoms with Gasteiger partial charge in [-0.2, -0.15) is 0 Å². The van der Waals surface area contributed by atoms with E-state index in [1.165, 1.54) is 51.4 Å². The van der Waals surface area contributed by atoms with Crippen LogP contribution in [-0.4, -0.2) is 37.2 Å². The molecule has 0 fully saturated rings. The monoisotopic (exact) mass is 887 g/mol. The summed E-state index contributed by atoms with van der Waals surface area (Å²) in [6, 6.07) is 0. The van der Waals surface area contributed by atoms with Crippen molar-refractivity contribution in [3.63, 3.8) is 0 Å². The largest absolute Gasteiger partial charge is 0.462 e. The summed E-state index contributed by atoms with van der Waals surface area (Å²) in [4.78, 5) is 38.0. The fourth-order valence-electron chi connectivity index (χ4n) is 6.80. The van der Waals surface area contributed by atoms with Crippen LogP contribution in [-0.2, 0) is 28.6 Å². The maximum absolute atomic E-state index is 12.8. The minimum atomic E-state index is -0.807. The van der Waals surface area contributed by atoms with Crippen molar-refractivity contribution in [2.75, 3.05) is 13.2 Å². The Labute approximate surface area is 393 Å². The van der Waals surface area contributed by atoms with Gasteiger partial charge in [0, 0.05) is 19.3 Å². The number of carbonyl (C=O) groups excluding carboxylic acids is 3. The summed E-state index contributed by atoms with van der Waals surface area (Å²) >= 11 is 0. The molecule has 1 unspecified atom stereocenters. The number of hydrogen-bond acceptors (Lipinski definition) is 6. The summed E-state index contributed by atoms with van der Waals surface area (Å²) in [6.07, 6.45) is 69.3. The van der Waals surface area contributed by atoms with Crippen molar-refractivity contribution in [1.29, 1.82) is 0 Å². The molecule has 64 heavy (non-hydrogen) atoms. The minimum absolute atomic E-state index is 0.105. The van der Waals surface area contributed by atoms with Crippen LogP contribution in [0.15, 0.2) is 109 Å². The molecule has 0 aromatic carbocycles. The van der Waals surface area contributed by atoms with Gasteiger partial charge < -0.3 is 14.2 Å². The molecule has 0 aliphatic rings. The Kier molecular flexibility index (Phi) is 48.5. The third-order valence-electron chi connectivity index (χ3n) is 10.7. The fourth-order valence-corrected chi connectivity index (χ4v) is 6.80. The first kappa shape index (κ1) is 60.1. The molecule has 0 spiro atoms. The molecule has 0 rings (SSSR count). The van der Waals surface area contributed by atoms with Gasteiger partial charge in [-0.1, -0.05) is 226 Å². The van der Waals surface area contributed by atoms with Crippen LogP contribution in [0, 0.1) is 0 Å². The molecule has 6 nitrogen and oxygen atoms in total. The Morgan fingerprint density at radius 3 is 0.969 bits per heavy atom. The number of hydrogen-bond donors (Lipinski definition) is 0. The zero-order chi connectivity index (χ0) is 46.5. The fraction of sp³-hybridized carbons (Fsp3) is 0.638. The summed E-state index contributed by atoms with van der Waals surface area (Å²) in [5.74, 6) is -0.968. The van der Waals surface area contributed by atoms with E-state index >= 15 is 0 Å². The van der Waals surface area contributed by atoms with Gasteiger partial charge in [0.05, 0.1) is 0 Å². The van der Waals surface area contributed by atoms with E-state index in [1.54, 1.807) is 0 Å². The lowest BCUT2D eigenvalue weighted by Crippen LogP contribution is -2.30. The van der Waals surface area contributed by atoms with E-state index in [4.69, 9.17) is 14.2 Å². The minimum Gasteiger partial charge on any atom is -0.462 e. The number of carbonyl (C=O) groups is 3. The normalized spacial score (nSPS) is 13.0. The number of unbranched alkanes of at least 4 members (excludes halogenated alkanes) is 22. The number of rotatable bonds is 45. The van der Waals surface area contributed by atoms with Gasteiger partial charge in [0.1, 0.15) is 13.2 Å². The van der Waals surface area contributed by atoms with E-state index in [-0.39, 0.29) is 31.1 Å². The van der Waals surface area contributed by atoms with Gasteiger partial charge in [-0.05, 0) is 83.5 Å². The van der Waals surface area contributed by atoms with Crippen LogP contribution in [0.3, 0.4) is 0 Å². The molecular formula is C58H94O6. The van der Waals surface area contributed by atoms with E-state index in [2.05, 4.69) is 106 Å². The summed E-state index contributed by atoms with van der Waals surface area (Å²) < 4.78 is 16.8. The number of allylic oxidation sites excluding steroid dienone is 18. The van der Waals surface area contributed by atoms with Crippen LogP contribution in [0.4, 0.5) is 0 Å². The second-order valence-corrected chi connectivity index (χ2v) is 16.8. The average molecular weight is 887 g/mol. The van der Waals surface area contributed by atoms with Crippen LogP contribution in [0.1, 0.15) is 220 Å². The van der Waals surface area contributed by atoms with Gasteiger partial charge in [-0.15, -0.1) is 0 Å². The number of ether oxygens (including phenoxy) is 3. The Morgan fingerprint density at radius 2 is 0.609 bits per heavy atom. The molecule has 1 atom stereocenters. The predicted octanol–water partition coefficient (Wildman–Crippen LogP) is 17.1. The third-order valence-corrected chi connectivity index (χ3v) is 10.7. The molecule has 6 heteroatoms. The molecule has 0 N–H and O–H groups in total. The Morgan fingerprint density at radius 1 is 0.328 bits per heavy atom. The topological polar surface area (TPSA) is 78.9 Å². The molecule has 0 aromatic heterocycles. The molecule has 0 aliphatic carbocycles. The van der Waals surface area contributed by atoms with E-state index in [0.717, 1.165) is 128 Å². The van der Waals surface area contributed by atoms with Crippen molar-refractivity contribution in [3.8, 4) is 0 Å². The highest BCUT2D eigenvalue weighted by atomic mass is 16.6. The lowest BCUT2D eigenvalue weighted by molar-refractivity contribution is -0.167. The highest BCUT2D eigenvalue weighted by Crippen LogP contribution is 2.13. The second kappa shape index (κ2) is 51.7. The second-order valence-electron chi connectivity index (χ2n) is 16.8. The standard InChI is InChI=1S/C58H94O6/c1-4-7-10-13-16-19-22-25-27-28-29-31-33-36-39-42-45-48-51-57(60)63-54-55(53-62-56(59)50-47-44-41-38-35-32-24-21-18-15-12-9-6-3)64-58(61)52-49-46-43-40-37-34-30-26-23-20-17-14-11-8-5-2/h8-9,11-12,14-15,17-18,20-21,23-24,26-31,55H,4-7,10,13,16,19,22,25,32-54H2,1-3H3/b11-8+,12-9+,17-14+,18-15+,23-20+,24-21+,28-27+,30-26+,31-29+. The maximum atomic E-state index is 12.8. The molecule has 0 aliphatic heterocycles. The highest BCUT2D eigenvalue weighted by molar-refractivity contribution is 5.71. The zero-order valence-corrected chi connectivity index (χ0v) is 41.3. The Hall–Kier alpha value is -3.93.